The summed E-state index contributed by atoms with van der Waals surface area (Å²) < 4.78 is 20.0. The van der Waals surface area contributed by atoms with Crippen LogP contribution in [0.15, 0.2) is 12.2 Å². The molecule has 17 heavy (non-hydrogen) atoms. The molecule has 0 bridgehead atoms. The van der Waals surface area contributed by atoms with Crippen molar-refractivity contribution in [3.05, 3.63) is 12.2 Å². The Balaban J connectivity index is 3.74. The Labute approximate surface area is 105 Å². The van der Waals surface area contributed by atoms with Crippen LogP contribution < -0.4 is 0 Å². The molecule has 0 fully saturated rings. The Bertz CT molecular complexity index is 274. The zero-order chi connectivity index (χ0) is 13.3. The molecule has 0 aliphatic rings. The van der Waals surface area contributed by atoms with Crippen molar-refractivity contribution in [2.45, 2.75) is 52.1 Å². The van der Waals surface area contributed by atoms with Gasteiger partial charge in [0.2, 0.25) is 0 Å². The van der Waals surface area contributed by atoms with Crippen LogP contribution in [0.5, 0.6) is 0 Å². The number of hydrogen-bond donors (Lipinski definition) is 0. The van der Waals surface area contributed by atoms with Crippen molar-refractivity contribution in [3.8, 4) is 0 Å². The molecule has 0 saturated heterocycles. The van der Waals surface area contributed by atoms with Gasteiger partial charge >= 0.3 is 14.7 Å². The fraction of sp³-hybridized carbons (Fsp3) is 0.750. The highest BCUT2D eigenvalue weighted by Crippen LogP contribution is 2.20. The average molecular weight is 260 g/mol. The number of esters is 1. The van der Waals surface area contributed by atoms with Crippen molar-refractivity contribution >= 4 is 14.7 Å². The van der Waals surface area contributed by atoms with Gasteiger partial charge in [-0.05, 0) is 40.0 Å². The fourth-order valence-corrected chi connectivity index (χ4v) is 1.52. The molecule has 0 spiro atoms. The van der Waals surface area contributed by atoms with Gasteiger partial charge in [0.1, 0.15) is 5.60 Å². The van der Waals surface area contributed by atoms with Gasteiger partial charge in [0.05, 0.1) is 6.61 Å². The minimum atomic E-state index is -0.465. The molecular weight excluding hydrogens is 239 g/mol. The van der Waals surface area contributed by atoms with Gasteiger partial charge in [-0.15, -0.1) is 0 Å². The summed E-state index contributed by atoms with van der Waals surface area (Å²) in [6, 6.07) is 0. The second kappa shape index (κ2) is 8.37. The van der Waals surface area contributed by atoms with E-state index in [1.807, 2.05) is 13.8 Å². The molecule has 0 aliphatic carbocycles. The molecule has 0 rings (SSSR count). The van der Waals surface area contributed by atoms with Gasteiger partial charge in [-0.25, -0.2) is 9.36 Å². The number of hydrogen-bond acceptors (Lipinski definition) is 4. The molecule has 0 N–H and O–H groups in total. The largest absolute Gasteiger partial charge is 0.456 e. The van der Waals surface area contributed by atoms with E-state index in [1.54, 1.807) is 6.92 Å². The van der Waals surface area contributed by atoms with E-state index in [-0.39, 0.29) is 14.7 Å². The number of rotatable bonds is 9. The van der Waals surface area contributed by atoms with E-state index in [1.165, 1.54) is 0 Å². The standard InChI is InChI=1S/C12H21O4P/c1-10(2)11(13)16-12(3,4)8-6-5-7-9-15-17-14/h1,5-9H2,2-4H3. The lowest BCUT2D eigenvalue weighted by Gasteiger charge is -2.25. The maximum atomic E-state index is 11.4. The second-order valence-corrected chi connectivity index (χ2v) is 5.06. The topological polar surface area (TPSA) is 52.6 Å². The minimum Gasteiger partial charge on any atom is -0.456 e. The summed E-state index contributed by atoms with van der Waals surface area (Å²) in [7, 11) is -0.264. The van der Waals surface area contributed by atoms with E-state index in [9.17, 15) is 9.36 Å². The van der Waals surface area contributed by atoms with Gasteiger partial charge in [-0.3, -0.25) is 4.52 Å². The lowest BCUT2D eigenvalue weighted by molar-refractivity contribution is -0.152. The monoisotopic (exact) mass is 260 g/mol. The molecule has 0 radical (unpaired) electrons. The SMILES string of the molecule is C=C(C)C(=O)OC(C)(C)CCCCCOP=O. The first kappa shape index (κ1) is 16.3. The van der Waals surface area contributed by atoms with Crippen LogP contribution in [0.2, 0.25) is 0 Å². The van der Waals surface area contributed by atoms with E-state index >= 15 is 0 Å². The van der Waals surface area contributed by atoms with Crippen LogP contribution >= 0.6 is 8.69 Å². The Morgan fingerprint density at radius 1 is 1.29 bits per heavy atom. The lowest BCUT2D eigenvalue weighted by atomic mass is 10.0. The molecular formula is C12H21O4P. The number of carbonyl (C=O) groups is 1. The molecule has 4 nitrogen and oxygen atoms in total. The van der Waals surface area contributed by atoms with Crippen LogP contribution in [-0.2, 0) is 18.6 Å². The quantitative estimate of drug-likeness (QED) is 0.275. The van der Waals surface area contributed by atoms with E-state index in [4.69, 9.17) is 4.74 Å². The van der Waals surface area contributed by atoms with Crippen molar-refractivity contribution in [1.82, 2.24) is 0 Å². The van der Waals surface area contributed by atoms with Crippen molar-refractivity contribution in [2.24, 2.45) is 0 Å². The van der Waals surface area contributed by atoms with Crippen LogP contribution in [0, 0.1) is 0 Å². The van der Waals surface area contributed by atoms with Crippen molar-refractivity contribution in [1.29, 1.82) is 0 Å². The molecule has 5 heteroatoms. The smallest absolute Gasteiger partial charge is 0.333 e. The Hall–Kier alpha value is -0.730. The van der Waals surface area contributed by atoms with Gasteiger partial charge in [0.15, 0.2) is 0 Å². The van der Waals surface area contributed by atoms with Gasteiger partial charge in [-0.2, -0.15) is 0 Å². The summed E-state index contributed by atoms with van der Waals surface area (Å²) in [5, 5.41) is 0. The van der Waals surface area contributed by atoms with Crippen LogP contribution in [0.4, 0.5) is 0 Å². The summed E-state index contributed by atoms with van der Waals surface area (Å²) in [6.45, 7) is 9.46. The van der Waals surface area contributed by atoms with Gasteiger partial charge in [0, 0.05) is 5.57 Å². The summed E-state index contributed by atoms with van der Waals surface area (Å²) in [5.41, 5.74) is -0.0471. The van der Waals surface area contributed by atoms with Gasteiger partial charge in [-0.1, -0.05) is 13.0 Å². The zero-order valence-corrected chi connectivity index (χ0v) is 11.7. The predicted octanol–water partition coefficient (Wildman–Crippen LogP) is 3.67. The molecule has 0 aromatic carbocycles. The van der Waals surface area contributed by atoms with Crippen molar-refractivity contribution in [2.75, 3.05) is 6.61 Å². The maximum absolute atomic E-state index is 11.4. The summed E-state index contributed by atoms with van der Waals surface area (Å²) in [5.74, 6) is -0.344. The van der Waals surface area contributed by atoms with Gasteiger partial charge in [0.25, 0.3) is 0 Å². The molecule has 0 amide bonds. The van der Waals surface area contributed by atoms with Crippen molar-refractivity contribution < 1.29 is 18.6 Å². The number of ether oxygens (including phenoxy) is 1. The highest BCUT2D eigenvalue weighted by molar-refractivity contribution is 7.17. The molecule has 0 aromatic rings. The fourth-order valence-electron chi connectivity index (χ4n) is 1.32. The third-order valence-electron chi connectivity index (χ3n) is 2.28. The number of unbranched alkanes of at least 4 members (excludes halogenated alkanes) is 2. The third kappa shape index (κ3) is 9.02. The highest BCUT2D eigenvalue weighted by Gasteiger charge is 2.22. The van der Waals surface area contributed by atoms with Crippen LogP contribution in [0.1, 0.15) is 46.5 Å². The predicted molar refractivity (Wildman–Crippen MR) is 67.0 cm³/mol. The van der Waals surface area contributed by atoms with E-state index in [2.05, 4.69) is 11.1 Å². The van der Waals surface area contributed by atoms with E-state index < -0.39 is 5.60 Å². The Morgan fingerprint density at radius 3 is 2.47 bits per heavy atom. The average Bonchev–Trinajstić information content (AvgIpc) is 2.22. The Morgan fingerprint density at radius 2 is 1.94 bits per heavy atom. The van der Waals surface area contributed by atoms with Crippen LogP contribution in [-0.4, -0.2) is 18.2 Å². The first-order valence-electron chi connectivity index (χ1n) is 5.72. The first-order chi connectivity index (χ1) is 7.89. The highest BCUT2D eigenvalue weighted by atomic mass is 31.1. The maximum Gasteiger partial charge on any atom is 0.333 e. The van der Waals surface area contributed by atoms with E-state index in [0.717, 1.165) is 25.7 Å². The third-order valence-corrected chi connectivity index (χ3v) is 2.57. The molecule has 0 aromatic heterocycles. The minimum absolute atomic E-state index is 0.264. The molecule has 0 atom stereocenters. The summed E-state index contributed by atoms with van der Waals surface area (Å²) in [4.78, 5) is 11.4. The molecule has 0 saturated carbocycles. The zero-order valence-electron chi connectivity index (χ0n) is 10.8. The summed E-state index contributed by atoms with van der Waals surface area (Å²) >= 11 is 0. The van der Waals surface area contributed by atoms with Gasteiger partial charge < -0.3 is 4.74 Å². The van der Waals surface area contributed by atoms with Crippen molar-refractivity contribution in [3.63, 3.8) is 0 Å². The lowest BCUT2D eigenvalue weighted by Crippen LogP contribution is -2.28. The number of carbonyl (C=O) groups excluding carboxylic acids is 1. The molecule has 98 valence electrons. The second-order valence-electron chi connectivity index (χ2n) is 4.65. The molecule has 0 heterocycles. The molecule has 0 unspecified atom stereocenters. The van der Waals surface area contributed by atoms with E-state index in [0.29, 0.717) is 12.2 Å². The normalized spacial score (nSPS) is 11.5. The summed E-state index contributed by atoms with van der Waals surface area (Å²) in [6.07, 6.45) is 3.56. The molecule has 0 aliphatic heterocycles. The Kier molecular flexibility index (Phi) is 8.01. The van der Waals surface area contributed by atoms with Crippen LogP contribution in [0.25, 0.3) is 0 Å². The van der Waals surface area contributed by atoms with Crippen LogP contribution in [0.3, 0.4) is 0 Å². The first-order valence-corrected chi connectivity index (χ1v) is 6.45.